The second kappa shape index (κ2) is 5.40. The number of esters is 1. The van der Waals surface area contributed by atoms with Crippen molar-refractivity contribution in [3.05, 3.63) is 5.82 Å². The van der Waals surface area contributed by atoms with Crippen LogP contribution in [0, 0.1) is 0 Å². The zero-order chi connectivity index (χ0) is 11.3. The Kier molecular flexibility index (Phi) is 4.17. The van der Waals surface area contributed by atoms with Crippen LogP contribution in [0.1, 0.15) is 32.7 Å². The standard InChI is InChI=1S/C8H14N4O3/c1-4-14-8(13)6(15-5(2)3)7-9-11-12-10-7/h5-6H,4H2,1-3H3,(H,9,10,11,12). The molecule has 0 bridgehead atoms. The predicted octanol–water partition coefficient (Wildman–Crippen LogP) is 0.229. The zero-order valence-electron chi connectivity index (χ0n) is 8.93. The summed E-state index contributed by atoms with van der Waals surface area (Å²) < 4.78 is 10.2. The molecular formula is C8H14N4O3. The largest absolute Gasteiger partial charge is 0.464 e. The number of H-pyrrole nitrogens is 1. The first-order valence-electron chi connectivity index (χ1n) is 4.70. The Morgan fingerprint density at radius 2 is 2.27 bits per heavy atom. The molecule has 0 aliphatic heterocycles. The first kappa shape index (κ1) is 11.6. The van der Waals surface area contributed by atoms with Gasteiger partial charge in [-0.1, -0.05) is 5.21 Å². The first-order chi connectivity index (χ1) is 7.15. The Bertz CT molecular complexity index is 299. The molecule has 1 aromatic heterocycles. The van der Waals surface area contributed by atoms with Gasteiger partial charge in [-0.05, 0) is 20.8 Å². The van der Waals surface area contributed by atoms with Gasteiger partial charge in [0.05, 0.1) is 12.7 Å². The summed E-state index contributed by atoms with van der Waals surface area (Å²) in [6.45, 7) is 5.63. The number of aromatic amines is 1. The molecule has 1 atom stereocenters. The Labute approximate surface area is 87.1 Å². The molecule has 7 nitrogen and oxygen atoms in total. The van der Waals surface area contributed by atoms with Gasteiger partial charge in [-0.3, -0.25) is 0 Å². The number of aromatic nitrogens is 4. The number of hydrogen-bond donors (Lipinski definition) is 1. The lowest BCUT2D eigenvalue weighted by Crippen LogP contribution is -2.23. The van der Waals surface area contributed by atoms with Crippen LogP contribution in [-0.2, 0) is 14.3 Å². The Morgan fingerprint density at radius 3 is 2.73 bits per heavy atom. The van der Waals surface area contributed by atoms with Gasteiger partial charge >= 0.3 is 5.97 Å². The van der Waals surface area contributed by atoms with Crippen LogP contribution in [0.3, 0.4) is 0 Å². The highest BCUT2D eigenvalue weighted by molar-refractivity contribution is 5.75. The minimum atomic E-state index is -0.913. The summed E-state index contributed by atoms with van der Waals surface area (Å²) in [5, 5.41) is 13.0. The fraction of sp³-hybridized carbons (Fsp3) is 0.750. The van der Waals surface area contributed by atoms with Gasteiger partial charge in [-0.2, -0.15) is 5.21 Å². The van der Waals surface area contributed by atoms with Crippen LogP contribution < -0.4 is 0 Å². The lowest BCUT2D eigenvalue weighted by Gasteiger charge is -2.15. The normalized spacial score (nSPS) is 12.8. The van der Waals surface area contributed by atoms with E-state index >= 15 is 0 Å². The van der Waals surface area contributed by atoms with E-state index in [1.165, 1.54) is 0 Å². The number of rotatable bonds is 5. The molecule has 7 heteroatoms. The molecule has 0 aliphatic rings. The van der Waals surface area contributed by atoms with Crippen LogP contribution in [-0.4, -0.2) is 39.3 Å². The van der Waals surface area contributed by atoms with Crippen LogP contribution in [0.15, 0.2) is 0 Å². The van der Waals surface area contributed by atoms with Crippen molar-refractivity contribution in [1.82, 2.24) is 20.6 Å². The molecule has 15 heavy (non-hydrogen) atoms. The highest BCUT2D eigenvalue weighted by atomic mass is 16.6. The number of ether oxygens (including phenoxy) is 2. The van der Waals surface area contributed by atoms with Gasteiger partial charge in [0.2, 0.25) is 11.9 Å². The molecule has 1 rings (SSSR count). The molecule has 1 heterocycles. The smallest absolute Gasteiger partial charge is 0.343 e. The van der Waals surface area contributed by atoms with Gasteiger partial charge in [-0.25, -0.2) is 4.79 Å². The molecule has 0 saturated heterocycles. The van der Waals surface area contributed by atoms with Gasteiger partial charge in [0.1, 0.15) is 0 Å². The number of tetrazole rings is 1. The molecule has 0 radical (unpaired) electrons. The van der Waals surface area contributed by atoms with E-state index < -0.39 is 12.1 Å². The van der Waals surface area contributed by atoms with E-state index in [4.69, 9.17) is 9.47 Å². The van der Waals surface area contributed by atoms with Crippen molar-refractivity contribution in [2.24, 2.45) is 0 Å². The van der Waals surface area contributed by atoms with Gasteiger partial charge < -0.3 is 9.47 Å². The average Bonchev–Trinajstić information content (AvgIpc) is 2.66. The number of nitrogens with one attached hydrogen (secondary N) is 1. The predicted molar refractivity (Wildman–Crippen MR) is 49.8 cm³/mol. The van der Waals surface area contributed by atoms with Crippen LogP contribution in [0.2, 0.25) is 0 Å². The summed E-state index contributed by atoms with van der Waals surface area (Å²) >= 11 is 0. The number of nitrogens with zero attached hydrogens (tertiary/aromatic N) is 3. The van der Waals surface area contributed by atoms with Crippen molar-refractivity contribution in [2.75, 3.05) is 6.61 Å². The maximum atomic E-state index is 11.5. The molecular weight excluding hydrogens is 200 g/mol. The summed E-state index contributed by atoms with van der Waals surface area (Å²) in [5.41, 5.74) is 0. The number of carbonyl (C=O) groups excluding carboxylic acids is 1. The molecule has 1 aromatic rings. The molecule has 84 valence electrons. The summed E-state index contributed by atoms with van der Waals surface area (Å²) in [7, 11) is 0. The fourth-order valence-electron chi connectivity index (χ4n) is 0.993. The van der Waals surface area contributed by atoms with E-state index in [9.17, 15) is 4.79 Å². The first-order valence-corrected chi connectivity index (χ1v) is 4.70. The summed E-state index contributed by atoms with van der Waals surface area (Å²) in [6, 6.07) is 0. The van der Waals surface area contributed by atoms with Crippen molar-refractivity contribution in [2.45, 2.75) is 33.0 Å². The lowest BCUT2D eigenvalue weighted by molar-refractivity contribution is -0.160. The molecule has 0 amide bonds. The molecule has 1 unspecified atom stereocenters. The van der Waals surface area contributed by atoms with Crippen molar-refractivity contribution >= 4 is 5.97 Å². The van der Waals surface area contributed by atoms with Gasteiger partial charge in [0.15, 0.2) is 0 Å². The van der Waals surface area contributed by atoms with E-state index in [-0.39, 0.29) is 18.5 Å². The highest BCUT2D eigenvalue weighted by Gasteiger charge is 2.28. The van der Waals surface area contributed by atoms with Gasteiger partial charge in [-0.15, -0.1) is 10.2 Å². The quantitative estimate of drug-likeness (QED) is 0.705. The van der Waals surface area contributed by atoms with Gasteiger partial charge in [0, 0.05) is 0 Å². The number of carbonyl (C=O) groups is 1. The Morgan fingerprint density at radius 1 is 1.53 bits per heavy atom. The van der Waals surface area contributed by atoms with Crippen molar-refractivity contribution in [3.63, 3.8) is 0 Å². The third-order valence-corrected chi connectivity index (χ3v) is 1.51. The average molecular weight is 214 g/mol. The lowest BCUT2D eigenvalue weighted by atomic mass is 10.3. The van der Waals surface area contributed by atoms with Crippen LogP contribution in [0.5, 0.6) is 0 Å². The zero-order valence-corrected chi connectivity index (χ0v) is 8.93. The minimum absolute atomic E-state index is 0.127. The summed E-state index contributed by atoms with van der Waals surface area (Å²) in [5.74, 6) is -0.324. The van der Waals surface area contributed by atoms with E-state index in [1.54, 1.807) is 6.92 Å². The third kappa shape index (κ3) is 3.28. The molecule has 0 saturated carbocycles. The molecule has 1 N–H and O–H groups in total. The van der Waals surface area contributed by atoms with Crippen molar-refractivity contribution < 1.29 is 14.3 Å². The Hall–Kier alpha value is -1.50. The molecule has 0 spiro atoms. The molecule has 0 aliphatic carbocycles. The minimum Gasteiger partial charge on any atom is -0.464 e. The second-order valence-electron chi connectivity index (χ2n) is 3.09. The second-order valence-corrected chi connectivity index (χ2v) is 3.09. The maximum Gasteiger partial charge on any atom is 0.343 e. The summed E-state index contributed by atoms with van der Waals surface area (Å²) in [4.78, 5) is 11.5. The SMILES string of the molecule is CCOC(=O)C(OC(C)C)c1nn[nH]n1. The van der Waals surface area contributed by atoms with Crippen molar-refractivity contribution in [3.8, 4) is 0 Å². The summed E-state index contributed by atoms with van der Waals surface area (Å²) in [6.07, 6.45) is -1.04. The fourth-order valence-corrected chi connectivity index (χ4v) is 0.993. The van der Waals surface area contributed by atoms with Gasteiger partial charge in [0.25, 0.3) is 0 Å². The molecule has 0 aromatic carbocycles. The maximum absolute atomic E-state index is 11.5. The third-order valence-electron chi connectivity index (χ3n) is 1.51. The van der Waals surface area contributed by atoms with E-state index in [2.05, 4.69) is 20.6 Å². The topological polar surface area (TPSA) is 90.0 Å². The number of hydrogen-bond acceptors (Lipinski definition) is 6. The monoisotopic (exact) mass is 214 g/mol. The highest BCUT2D eigenvalue weighted by Crippen LogP contribution is 2.15. The van der Waals surface area contributed by atoms with Crippen molar-refractivity contribution in [1.29, 1.82) is 0 Å². The van der Waals surface area contributed by atoms with E-state index in [1.807, 2.05) is 13.8 Å². The van der Waals surface area contributed by atoms with E-state index in [0.717, 1.165) is 0 Å². The van der Waals surface area contributed by atoms with E-state index in [0.29, 0.717) is 0 Å². The van der Waals surface area contributed by atoms with Crippen LogP contribution >= 0.6 is 0 Å². The van der Waals surface area contributed by atoms with Crippen LogP contribution in [0.25, 0.3) is 0 Å². The van der Waals surface area contributed by atoms with Crippen LogP contribution in [0.4, 0.5) is 0 Å². The molecule has 0 fully saturated rings. The Balaban J connectivity index is 2.74.